The van der Waals surface area contributed by atoms with Crippen LogP contribution in [0, 0.1) is 12.3 Å². The molecular weight excluding hydrogens is 308 g/mol. The lowest BCUT2D eigenvalue weighted by Crippen LogP contribution is -2.34. The summed E-state index contributed by atoms with van der Waals surface area (Å²) in [6.45, 7) is 4.65. The van der Waals surface area contributed by atoms with Crippen molar-refractivity contribution in [3.8, 4) is 0 Å². The van der Waals surface area contributed by atoms with Gasteiger partial charge in [0, 0.05) is 18.1 Å². The minimum Gasteiger partial charge on any atom is -0.326 e. The Morgan fingerprint density at radius 3 is 2.52 bits per heavy atom. The van der Waals surface area contributed by atoms with Crippen LogP contribution in [0.5, 0.6) is 0 Å². The normalized spacial score (nSPS) is 18.1. The van der Waals surface area contributed by atoms with Crippen molar-refractivity contribution in [3.63, 3.8) is 0 Å². The molecule has 0 saturated heterocycles. The summed E-state index contributed by atoms with van der Waals surface area (Å²) in [5.41, 5.74) is 7.15. The molecule has 0 spiro atoms. The van der Waals surface area contributed by atoms with Gasteiger partial charge in [0.05, 0.1) is 4.90 Å². The molecule has 1 aliphatic carbocycles. The number of benzene rings is 1. The summed E-state index contributed by atoms with van der Waals surface area (Å²) in [4.78, 5) is 0.233. The van der Waals surface area contributed by atoms with Gasteiger partial charge >= 0.3 is 0 Å². The molecule has 6 heteroatoms. The summed E-state index contributed by atoms with van der Waals surface area (Å²) in [7, 11) is -3.56. The van der Waals surface area contributed by atoms with Crippen LogP contribution in [-0.4, -0.2) is 15.0 Å². The molecule has 1 fully saturated rings. The largest absolute Gasteiger partial charge is 0.326 e. The molecular formula is C15H23ClN2O2S. The van der Waals surface area contributed by atoms with E-state index in [1.165, 1.54) is 18.9 Å². The van der Waals surface area contributed by atoms with Crippen LogP contribution in [0.25, 0.3) is 0 Å². The second kappa shape index (κ2) is 6.24. The van der Waals surface area contributed by atoms with Crippen molar-refractivity contribution in [1.29, 1.82) is 0 Å². The molecule has 0 aliphatic heterocycles. The van der Waals surface area contributed by atoms with Crippen LogP contribution in [0.3, 0.4) is 0 Å². The van der Waals surface area contributed by atoms with E-state index in [1.54, 1.807) is 13.0 Å². The number of halogens is 1. The first-order valence-electron chi connectivity index (χ1n) is 7.26. The highest BCUT2D eigenvalue weighted by molar-refractivity contribution is 7.89. The molecule has 3 N–H and O–H groups in total. The number of rotatable bonds is 5. The van der Waals surface area contributed by atoms with Crippen molar-refractivity contribution in [2.24, 2.45) is 11.1 Å². The number of sulfonamides is 1. The van der Waals surface area contributed by atoms with E-state index in [0.717, 1.165) is 18.4 Å². The van der Waals surface area contributed by atoms with E-state index >= 15 is 0 Å². The van der Waals surface area contributed by atoms with Crippen molar-refractivity contribution in [1.82, 2.24) is 4.72 Å². The van der Waals surface area contributed by atoms with Gasteiger partial charge in [-0.15, -0.1) is 0 Å². The quantitative estimate of drug-likeness (QED) is 0.871. The molecule has 0 aromatic heterocycles. The SMILES string of the molecule is Cc1c(CN)cc(Cl)cc1S(=O)(=O)NCC1(C)CCCC1. The molecule has 1 aromatic carbocycles. The maximum absolute atomic E-state index is 12.6. The van der Waals surface area contributed by atoms with E-state index in [9.17, 15) is 8.42 Å². The summed E-state index contributed by atoms with van der Waals surface area (Å²) in [5, 5.41) is 0.397. The van der Waals surface area contributed by atoms with Crippen LogP contribution in [-0.2, 0) is 16.6 Å². The van der Waals surface area contributed by atoms with Gasteiger partial charge in [0.15, 0.2) is 0 Å². The number of nitrogens with one attached hydrogen (secondary N) is 1. The Bertz CT molecular complexity index is 623. The second-order valence-corrected chi connectivity index (χ2v) is 8.41. The Morgan fingerprint density at radius 1 is 1.33 bits per heavy atom. The van der Waals surface area contributed by atoms with Gasteiger partial charge in [-0.2, -0.15) is 0 Å². The molecule has 4 nitrogen and oxygen atoms in total. The van der Waals surface area contributed by atoms with Gasteiger partial charge in [0.25, 0.3) is 0 Å². The molecule has 0 atom stereocenters. The highest BCUT2D eigenvalue weighted by Crippen LogP contribution is 2.37. The molecule has 0 unspecified atom stereocenters. The van der Waals surface area contributed by atoms with Crippen molar-refractivity contribution >= 4 is 21.6 Å². The lowest BCUT2D eigenvalue weighted by molar-refractivity contribution is 0.336. The Hall–Kier alpha value is -0.620. The van der Waals surface area contributed by atoms with Crippen LogP contribution in [0.1, 0.15) is 43.7 Å². The molecule has 0 amide bonds. The first-order chi connectivity index (χ1) is 9.77. The van der Waals surface area contributed by atoms with Crippen molar-refractivity contribution < 1.29 is 8.42 Å². The van der Waals surface area contributed by atoms with Gasteiger partial charge in [0.1, 0.15) is 0 Å². The van der Waals surface area contributed by atoms with Gasteiger partial charge in [0.2, 0.25) is 10.0 Å². The summed E-state index contributed by atoms with van der Waals surface area (Å²) < 4.78 is 27.9. The molecule has 2 rings (SSSR count). The van der Waals surface area contributed by atoms with Gasteiger partial charge < -0.3 is 5.73 Å². The average Bonchev–Trinajstić information content (AvgIpc) is 2.86. The third-order valence-electron chi connectivity index (χ3n) is 4.44. The zero-order valence-electron chi connectivity index (χ0n) is 12.6. The first-order valence-corrected chi connectivity index (χ1v) is 9.12. The molecule has 118 valence electrons. The molecule has 1 saturated carbocycles. The standard InChI is InChI=1S/C15H23ClN2O2S/c1-11-12(9-17)7-13(16)8-14(11)21(19,20)18-10-15(2)5-3-4-6-15/h7-8,18H,3-6,9-10,17H2,1-2H3. The fourth-order valence-electron chi connectivity index (χ4n) is 2.95. The van der Waals surface area contributed by atoms with Crippen molar-refractivity contribution in [3.05, 3.63) is 28.3 Å². The molecule has 1 aromatic rings. The maximum atomic E-state index is 12.6. The Balaban J connectivity index is 2.25. The van der Waals surface area contributed by atoms with E-state index in [2.05, 4.69) is 11.6 Å². The van der Waals surface area contributed by atoms with Crippen LogP contribution < -0.4 is 10.5 Å². The number of nitrogens with two attached hydrogens (primary N) is 1. The van der Waals surface area contributed by atoms with Crippen LogP contribution >= 0.6 is 11.6 Å². The predicted molar refractivity (Wildman–Crippen MR) is 85.8 cm³/mol. The van der Waals surface area contributed by atoms with Gasteiger partial charge in [-0.1, -0.05) is 31.4 Å². The van der Waals surface area contributed by atoms with E-state index < -0.39 is 10.0 Å². The van der Waals surface area contributed by atoms with Gasteiger partial charge in [-0.3, -0.25) is 0 Å². The highest BCUT2D eigenvalue weighted by Gasteiger charge is 2.30. The maximum Gasteiger partial charge on any atom is 0.240 e. The number of hydrogen-bond acceptors (Lipinski definition) is 3. The average molecular weight is 331 g/mol. The van der Waals surface area contributed by atoms with Crippen molar-refractivity contribution in [2.45, 2.75) is 51.0 Å². The number of hydrogen-bond donors (Lipinski definition) is 2. The topological polar surface area (TPSA) is 72.2 Å². The van der Waals surface area contributed by atoms with Gasteiger partial charge in [-0.05, 0) is 48.4 Å². The van der Waals surface area contributed by atoms with E-state index in [-0.39, 0.29) is 16.9 Å². The Labute approximate surface area is 132 Å². The zero-order valence-corrected chi connectivity index (χ0v) is 14.1. The van der Waals surface area contributed by atoms with Crippen molar-refractivity contribution in [2.75, 3.05) is 6.54 Å². The van der Waals surface area contributed by atoms with E-state index in [4.69, 9.17) is 17.3 Å². The van der Waals surface area contributed by atoms with Crippen LogP contribution in [0.4, 0.5) is 0 Å². The smallest absolute Gasteiger partial charge is 0.240 e. The zero-order chi connectivity index (χ0) is 15.7. The summed E-state index contributed by atoms with van der Waals surface area (Å²) in [6.07, 6.45) is 4.48. The first kappa shape index (κ1) is 16.7. The third-order valence-corrected chi connectivity index (χ3v) is 6.19. The fourth-order valence-corrected chi connectivity index (χ4v) is 4.77. The lowest BCUT2D eigenvalue weighted by atomic mass is 9.89. The third kappa shape index (κ3) is 3.77. The summed E-state index contributed by atoms with van der Waals surface area (Å²) in [5.74, 6) is 0. The molecule has 1 aliphatic rings. The molecule has 0 heterocycles. The molecule has 0 radical (unpaired) electrons. The van der Waals surface area contributed by atoms with E-state index in [1.807, 2.05) is 0 Å². The Kier molecular flexibility index (Phi) is 4.98. The molecule has 0 bridgehead atoms. The fraction of sp³-hybridized carbons (Fsp3) is 0.600. The van der Waals surface area contributed by atoms with E-state index in [0.29, 0.717) is 17.1 Å². The minimum atomic E-state index is -3.56. The highest BCUT2D eigenvalue weighted by atomic mass is 35.5. The van der Waals surface area contributed by atoms with Gasteiger partial charge in [-0.25, -0.2) is 13.1 Å². The lowest BCUT2D eigenvalue weighted by Gasteiger charge is -2.24. The van der Waals surface area contributed by atoms with Crippen LogP contribution in [0.2, 0.25) is 5.02 Å². The summed E-state index contributed by atoms with van der Waals surface area (Å²) in [6, 6.07) is 3.21. The predicted octanol–water partition coefficient (Wildman–Crippen LogP) is 2.97. The monoisotopic (exact) mass is 330 g/mol. The second-order valence-electron chi connectivity index (χ2n) is 6.23. The summed E-state index contributed by atoms with van der Waals surface area (Å²) >= 11 is 6.01. The van der Waals surface area contributed by atoms with Crippen LogP contribution in [0.15, 0.2) is 17.0 Å². The molecule has 21 heavy (non-hydrogen) atoms. The Morgan fingerprint density at radius 2 is 1.95 bits per heavy atom. The minimum absolute atomic E-state index is 0.0657.